The number of benzene rings is 6. The van der Waals surface area contributed by atoms with Gasteiger partial charge in [0.05, 0.1) is 0 Å². The van der Waals surface area contributed by atoms with Gasteiger partial charge < -0.3 is 9.80 Å². The van der Waals surface area contributed by atoms with E-state index in [1.165, 1.54) is 66.8 Å². The van der Waals surface area contributed by atoms with Crippen molar-refractivity contribution in [2.24, 2.45) is 0 Å². The summed E-state index contributed by atoms with van der Waals surface area (Å²) >= 11 is 0. The average Bonchev–Trinajstić information content (AvgIpc) is 3.10. The lowest BCUT2D eigenvalue weighted by Crippen LogP contribution is -2.67. The van der Waals surface area contributed by atoms with Crippen LogP contribution in [0.4, 0.5) is 38.5 Å². The van der Waals surface area contributed by atoms with Crippen molar-refractivity contribution in [1.29, 1.82) is 0 Å². The molecule has 9 rings (SSSR count). The molecule has 0 aliphatic carbocycles. The van der Waals surface area contributed by atoms with Gasteiger partial charge in [0.15, 0.2) is 0 Å². The van der Waals surface area contributed by atoms with Gasteiger partial charge in [0, 0.05) is 39.5 Å². The minimum atomic E-state index is -0.405. The molecule has 4 heteroatoms. The maximum absolute atomic E-state index is 14.5. The Morgan fingerprint density at radius 2 is 1.04 bits per heavy atom. The third kappa shape index (κ3) is 4.54. The molecule has 252 valence electrons. The van der Waals surface area contributed by atoms with E-state index in [1.54, 1.807) is 12.1 Å². The van der Waals surface area contributed by atoms with E-state index in [2.05, 4.69) is 162 Å². The normalized spacial score (nSPS) is 17.1. The average molecular weight is 667 g/mol. The first-order valence-electron chi connectivity index (χ1n) is 18.3. The van der Waals surface area contributed by atoms with Gasteiger partial charge in [-0.05, 0) is 135 Å². The standard InChI is InChI=1S/C47H44BFN2/c1-29-24-40-44-41(25-29)51(35-27-31(45(2,3)4)26-32(28-35)46(5,6)7)39-19-13-17-37-43(39)48(44)42-36(47(37,8)30-14-10-9-11-15-30)16-12-18-38(42)50(40)34-22-20-33(49)21-23-34/h9-28H,1-8H3. The van der Waals surface area contributed by atoms with Crippen LogP contribution in [0.1, 0.15) is 81.8 Å². The number of aryl methyl sites for hydroxylation is 1. The van der Waals surface area contributed by atoms with Crippen molar-refractivity contribution < 1.29 is 4.39 Å². The molecule has 0 fully saturated rings. The Bertz CT molecular complexity index is 2350. The molecule has 6 aromatic rings. The highest BCUT2D eigenvalue weighted by Gasteiger charge is 2.52. The van der Waals surface area contributed by atoms with Crippen LogP contribution in [-0.2, 0) is 16.2 Å². The van der Waals surface area contributed by atoms with E-state index in [9.17, 15) is 4.39 Å². The molecule has 0 saturated heterocycles. The Morgan fingerprint density at radius 3 is 1.55 bits per heavy atom. The minimum absolute atomic E-state index is 0.0322. The molecule has 0 N–H and O–H groups in total. The second-order valence-corrected chi connectivity index (χ2v) is 17.0. The summed E-state index contributed by atoms with van der Waals surface area (Å²) in [5, 5.41) is 0. The van der Waals surface area contributed by atoms with Crippen LogP contribution in [0.3, 0.4) is 0 Å². The van der Waals surface area contributed by atoms with Gasteiger partial charge in [0.25, 0.3) is 6.71 Å². The highest BCUT2D eigenvalue weighted by Crippen LogP contribution is 2.51. The monoisotopic (exact) mass is 666 g/mol. The zero-order valence-electron chi connectivity index (χ0n) is 30.9. The van der Waals surface area contributed by atoms with Crippen LogP contribution in [0.25, 0.3) is 0 Å². The van der Waals surface area contributed by atoms with E-state index >= 15 is 0 Å². The zero-order valence-corrected chi connectivity index (χ0v) is 30.9. The summed E-state index contributed by atoms with van der Waals surface area (Å²) in [4.78, 5) is 4.94. The van der Waals surface area contributed by atoms with Crippen molar-refractivity contribution in [3.8, 4) is 0 Å². The molecule has 3 heterocycles. The van der Waals surface area contributed by atoms with Gasteiger partial charge in [0.2, 0.25) is 0 Å². The molecule has 2 nitrogen and oxygen atoms in total. The number of rotatable bonds is 3. The molecule has 0 radical (unpaired) electrons. The van der Waals surface area contributed by atoms with Crippen molar-refractivity contribution in [2.75, 3.05) is 9.80 Å². The first-order valence-corrected chi connectivity index (χ1v) is 18.3. The molecule has 0 spiro atoms. The lowest BCUT2D eigenvalue weighted by atomic mass is 9.28. The van der Waals surface area contributed by atoms with E-state index < -0.39 is 5.41 Å². The molecule has 1 atom stereocenters. The van der Waals surface area contributed by atoms with Crippen LogP contribution in [0.15, 0.2) is 121 Å². The smallest absolute Gasteiger partial charge is 0.252 e. The van der Waals surface area contributed by atoms with Gasteiger partial charge in [-0.25, -0.2) is 4.39 Å². The molecule has 51 heavy (non-hydrogen) atoms. The fourth-order valence-electron chi connectivity index (χ4n) is 9.07. The summed E-state index contributed by atoms with van der Waals surface area (Å²) in [5.74, 6) is -0.232. The van der Waals surface area contributed by atoms with E-state index in [0.29, 0.717) is 0 Å². The number of hydrogen-bond acceptors (Lipinski definition) is 2. The van der Waals surface area contributed by atoms with Crippen molar-refractivity contribution in [3.63, 3.8) is 0 Å². The van der Waals surface area contributed by atoms with E-state index in [0.717, 1.165) is 17.1 Å². The van der Waals surface area contributed by atoms with Crippen LogP contribution in [0.2, 0.25) is 0 Å². The first kappa shape index (κ1) is 31.9. The number of halogens is 1. The van der Waals surface area contributed by atoms with Gasteiger partial charge in [-0.15, -0.1) is 0 Å². The molecular formula is C47H44BFN2. The number of anilines is 6. The number of hydrogen-bond donors (Lipinski definition) is 0. The highest BCUT2D eigenvalue weighted by molar-refractivity contribution is 7.01. The van der Waals surface area contributed by atoms with Crippen molar-refractivity contribution in [3.05, 3.63) is 161 Å². The predicted octanol–water partition coefficient (Wildman–Crippen LogP) is 10.5. The quantitative estimate of drug-likeness (QED) is 0.173. The Hall–Kier alpha value is -5.09. The third-order valence-corrected chi connectivity index (χ3v) is 11.7. The van der Waals surface area contributed by atoms with E-state index in [-0.39, 0.29) is 23.4 Å². The van der Waals surface area contributed by atoms with Gasteiger partial charge in [-0.1, -0.05) is 102 Å². The minimum Gasteiger partial charge on any atom is -0.311 e. The van der Waals surface area contributed by atoms with Crippen LogP contribution < -0.4 is 26.2 Å². The van der Waals surface area contributed by atoms with Crippen molar-refractivity contribution in [1.82, 2.24) is 0 Å². The fourth-order valence-corrected chi connectivity index (χ4v) is 9.07. The molecule has 0 bridgehead atoms. The van der Waals surface area contributed by atoms with Gasteiger partial charge >= 0.3 is 0 Å². The predicted molar refractivity (Wildman–Crippen MR) is 215 cm³/mol. The Kier molecular flexibility index (Phi) is 6.69. The summed E-state index contributed by atoms with van der Waals surface area (Å²) in [7, 11) is 0. The van der Waals surface area contributed by atoms with Crippen molar-refractivity contribution in [2.45, 2.75) is 71.6 Å². The SMILES string of the molecule is Cc1cc2c3c(c1)N(c1cc(C(C)(C)C)cc(C(C)(C)C)c1)c1cccc4c1B3c1c(cccc1C4(C)c1ccccc1)N2c1ccc(F)cc1. The topological polar surface area (TPSA) is 6.48 Å². The fraction of sp³-hybridized carbons (Fsp3) is 0.234. The van der Waals surface area contributed by atoms with Crippen LogP contribution in [0, 0.1) is 12.7 Å². The van der Waals surface area contributed by atoms with E-state index in [1.807, 2.05) is 12.1 Å². The molecule has 1 unspecified atom stereocenters. The first-order chi connectivity index (χ1) is 24.3. The van der Waals surface area contributed by atoms with Gasteiger partial charge in [-0.3, -0.25) is 0 Å². The summed E-state index contributed by atoms with van der Waals surface area (Å²) in [6, 6.07) is 43.8. The molecular weight excluding hydrogens is 622 g/mol. The summed E-state index contributed by atoms with van der Waals surface area (Å²) < 4.78 is 14.5. The molecule has 0 saturated carbocycles. The maximum Gasteiger partial charge on any atom is 0.252 e. The summed E-state index contributed by atoms with van der Waals surface area (Å²) in [6.07, 6.45) is 0. The lowest BCUT2D eigenvalue weighted by Gasteiger charge is -2.51. The lowest BCUT2D eigenvalue weighted by molar-refractivity contribution is 0.569. The molecule has 3 aliphatic rings. The second-order valence-electron chi connectivity index (χ2n) is 17.0. The third-order valence-electron chi connectivity index (χ3n) is 11.7. The molecule has 3 aliphatic heterocycles. The Morgan fingerprint density at radius 1 is 0.529 bits per heavy atom. The van der Waals surface area contributed by atoms with E-state index in [4.69, 9.17) is 0 Å². The Balaban J connectivity index is 1.45. The van der Waals surface area contributed by atoms with Crippen LogP contribution in [-0.4, -0.2) is 6.71 Å². The number of nitrogens with zero attached hydrogens (tertiary/aromatic N) is 2. The largest absolute Gasteiger partial charge is 0.311 e. The van der Waals surface area contributed by atoms with Crippen molar-refractivity contribution >= 4 is 57.2 Å². The summed E-state index contributed by atoms with van der Waals surface area (Å²) in [5.41, 5.74) is 18.2. The van der Waals surface area contributed by atoms with Crippen LogP contribution in [0.5, 0.6) is 0 Å². The molecule has 0 amide bonds. The summed E-state index contributed by atoms with van der Waals surface area (Å²) in [6.45, 7) is 18.5. The highest BCUT2D eigenvalue weighted by atomic mass is 19.1. The maximum atomic E-state index is 14.5. The second kappa shape index (κ2) is 10.7. The zero-order chi connectivity index (χ0) is 35.6. The van der Waals surface area contributed by atoms with Gasteiger partial charge in [-0.2, -0.15) is 0 Å². The van der Waals surface area contributed by atoms with Crippen LogP contribution >= 0.6 is 0 Å². The molecule has 0 aromatic heterocycles. The molecule has 6 aromatic carbocycles. The Labute approximate surface area is 302 Å². The van der Waals surface area contributed by atoms with Gasteiger partial charge in [0.1, 0.15) is 5.82 Å².